The smallest absolute Gasteiger partial charge is 0.0603 e. The Bertz CT molecular complexity index is 916. The molecule has 0 radical (unpaired) electrons. The molecule has 0 heterocycles. The van der Waals surface area contributed by atoms with E-state index in [1.807, 2.05) is 0 Å². The summed E-state index contributed by atoms with van der Waals surface area (Å²) in [6.07, 6.45) is 6.58. The summed E-state index contributed by atoms with van der Waals surface area (Å²) < 4.78 is 0. The van der Waals surface area contributed by atoms with E-state index in [-0.39, 0.29) is 0 Å². The Morgan fingerprint density at radius 1 is 0.759 bits per heavy atom. The highest BCUT2D eigenvalue weighted by molar-refractivity contribution is 6.10. The minimum absolute atomic E-state index is 0.800. The van der Waals surface area contributed by atoms with Gasteiger partial charge in [-0.1, -0.05) is 30.3 Å². The van der Waals surface area contributed by atoms with E-state index in [2.05, 4.69) is 124 Å². The number of rotatable bonds is 5. The molecule has 3 nitrogen and oxygen atoms in total. The van der Waals surface area contributed by atoms with Crippen LogP contribution in [0.5, 0.6) is 0 Å². The van der Waals surface area contributed by atoms with Crippen LogP contribution in [0.4, 0.5) is 11.4 Å². The van der Waals surface area contributed by atoms with Crippen LogP contribution >= 0.6 is 0 Å². The zero-order chi connectivity index (χ0) is 21.0. The molecule has 2 aromatic rings. The van der Waals surface area contributed by atoms with Gasteiger partial charge in [-0.25, -0.2) is 0 Å². The number of anilines is 2. The van der Waals surface area contributed by atoms with Crippen LogP contribution in [-0.2, 0) is 0 Å². The van der Waals surface area contributed by atoms with Gasteiger partial charge < -0.3 is 9.80 Å². The van der Waals surface area contributed by atoms with Gasteiger partial charge in [0.1, 0.15) is 0 Å². The molecule has 0 aliphatic heterocycles. The van der Waals surface area contributed by atoms with Crippen molar-refractivity contribution < 1.29 is 0 Å². The largest absolute Gasteiger partial charge is 0.378 e. The molecule has 0 atom stereocenters. The monoisotopic (exact) mass is 385 g/mol. The molecule has 3 heteroatoms. The first-order valence-electron chi connectivity index (χ1n) is 10.1. The molecule has 0 saturated carbocycles. The summed E-state index contributed by atoms with van der Waals surface area (Å²) in [5.41, 5.74) is 9.56. The van der Waals surface area contributed by atoms with Crippen molar-refractivity contribution in [2.45, 2.75) is 13.8 Å². The standard InChI is InChI=1S/C26H31N3/c1-7-27-25-17-12-22(18-19(25)2)26(20-8-13-23(14-9-20)28(3)4)21-10-15-24(16-11-21)29(5)6/h8-18H,7H2,1-6H3. The fourth-order valence-corrected chi connectivity index (χ4v) is 3.51. The second-order valence-electron chi connectivity index (χ2n) is 7.73. The van der Waals surface area contributed by atoms with Crippen LogP contribution in [0.25, 0.3) is 5.57 Å². The van der Waals surface area contributed by atoms with E-state index in [9.17, 15) is 0 Å². The molecule has 1 aliphatic rings. The second-order valence-corrected chi connectivity index (χ2v) is 7.73. The van der Waals surface area contributed by atoms with Gasteiger partial charge in [0, 0.05) is 46.1 Å². The van der Waals surface area contributed by atoms with Gasteiger partial charge in [-0.05, 0) is 78.1 Å². The lowest BCUT2D eigenvalue weighted by atomic mass is 9.89. The van der Waals surface area contributed by atoms with Crippen molar-refractivity contribution in [3.8, 4) is 0 Å². The van der Waals surface area contributed by atoms with Crippen molar-refractivity contribution in [1.82, 2.24) is 0 Å². The lowest BCUT2D eigenvalue weighted by molar-refractivity contribution is 1.13. The van der Waals surface area contributed by atoms with Gasteiger partial charge in [-0.15, -0.1) is 0 Å². The first-order valence-corrected chi connectivity index (χ1v) is 10.1. The summed E-state index contributed by atoms with van der Waals surface area (Å²) in [5.74, 6) is 0. The van der Waals surface area contributed by atoms with E-state index in [1.54, 1.807) is 0 Å². The van der Waals surface area contributed by atoms with Crippen molar-refractivity contribution in [3.05, 3.63) is 89.0 Å². The lowest BCUT2D eigenvalue weighted by Gasteiger charge is -2.19. The number of hydrogen-bond acceptors (Lipinski definition) is 3. The van der Waals surface area contributed by atoms with Crippen LogP contribution in [0, 0.1) is 0 Å². The first-order chi connectivity index (χ1) is 13.9. The van der Waals surface area contributed by atoms with Crippen molar-refractivity contribution in [3.63, 3.8) is 0 Å². The van der Waals surface area contributed by atoms with Crippen molar-refractivity contribution in [2.75, 3.05) is 44.5 Å². The minimum Gasteiger partial charge on any atom is -0.378 e. The predicted molar refractivity (Wildman–Crippen MR) is 128 cm³/mol. The zero-order valence-electron chi connectivity index (χ0n) is 18.4. The molecule has 0 unspecified atom stereocenters. The van der Waals surface area contributed by atoms with Crippen LogP contribution in [0.15, 0.2) is 82.9 Å². The maximum absolute atomic E-state index is 4.59. The van der Waals surface area contributed by atoms with E-state index in [0.717, 1.165) is 12.3 Å². The van der Waals surface area contributed by atoms with Crippen LogP contribution in [-0.4, -0.2) is 40.4 Å². The number of nitrogens with zero attached hydrogens (tertiary/aromatic N) is 3. The van der Waals surface area contributed by atoms with E-state index in [0.29, 0.717) is 0 Å². The van der Waals surface area contributed by atoms with Gasteiger partial charge >= 0.3 is 0 Å². The van der Waals surface area contributed by atoms with Gasteiger partial charge in [-0.3, -0.25) is 4.99 Å². The van der Waals surface area contributed by atoms with E-state index in [4.69, 9.17) is 0 Å². The summed E-state index contributed by atoms with van der Waals surface area (Å²) in [6, 6.07) is 17.6. The van der Waals surface area contributed by atoms with Gasteiger partial charge in [0.2, 0.25) is 0 Å². The summed E-state index contributed by atoms with van der Waals surface area (Å²) in [6.45, 7) is 5.01. The van der Waals surface area contributed by atoms with Gasteiger partial charge in [0.05, 0.1) is 5.71 Å². The summed E-state index contributed by atoms with van der Waals surface area (Å²) in [4.78, 5) is 8.84. The molecule has 3 rings (SSSR count). The summed E-state index contributed by atoms with van der Waals surface area (Å²) in [5, 5.41) is 0. The molecule has 0 bridgehead atoms. The molecule has 0 aromatic heterocycles. The quantitative estimate of drug-likeness (QED) is 0.667. The van der Waals surface area contributed by atoms with E-state index >= 15 is 0 Å². The maximum atomic E-state index is 4.59. The van der Waals surface area contributed by atoms with Crippen LogP contribution < -0.4 is 9.80 Å². The highest BCUT2D eigenvalue weighted by Crippen LogP contribution is 2.32. The fraction of sp³-hybridized carbons (Fsp3) is 0.269. The maximum Gasteiger partial charge on any atom is 0.0603 e. The molecule has 1 aliphatic carbocycles. The van der Waals surface area contributed by atoms with Crippen LogP contribution in [0.1, 0.15) is 25.0 Å². The topological polar surface area (TPSA) is 18.8 Å². The molecule has 0 N–H and O–H groups in total. The highest BCUT2D eigenvalue weighted by Gasteiger charge is 2.14. The lowest BCUT2D eigenvalue weighted by Crippen LogP contribution is -2.09. The second kappa shape index (κ2) is 8.95. The molecule has 0 spiro atoms. The summed E-state index contributed by atoms with van der Waals surface area (Å²) >= 11 is 0. The average molecular weight is 386 g/mol. The first kappa shape index (κ1) is 20.7. The Hall–Kier alpha value is -3.07. The Kier molecular flexibility index (Phi) is 6.38. The fourth-order valence-electron chi connectivity index (χ4n) is 3.51. The van der Waals surface area contributed by atoms with Crippen molar-refractivity contribution in [2.24, 2.45) is 4.99 Å². The third kappa shape index (κ3) is 4.68. The number of hydrogen-bond donors (Lipinski definition) is 0. The SMILES string of the molecule is CCN=C1C=CC(=C(c2ccc(N(C)C)cc2)c2ccc(N(C)C)cc2)C=C1C. The zero-order valence-corrected chi connectivity index (χ0v) is 18.4. The Morgan fingerprint density at radius 3 is 1.62 bits per heavy atom. The number of benzene rings is 2. The van der Waals surface area contributed by atoms with Crippen molar-refractivity contribution >= 4 is 22.7 Å². The van der Waals surface area contributed by atoms with Gasteiger partial charge in [-0.2, -0.15) is 0 Å². The number of aliphatic imine (C=N–C) groups is 1. The van der Waals surface area contributed by atoms with Crippen LogP contribution in [0.2, 0.25) is 0 Å². The van der Waals surface area contributed by atoms with Gasteiger partial charge in [0.25, 0.3) is 0 Å². The Balaban J connectivity index is 2.14. The third-order valence-corrected chi connectivity index (χ3v) is 5.16. The third-order valence-electron chi connectivity index (χ3n) is 5.16. The Labute approximate surface area is 175 Å². The van der Waals surface area contributed by atoms with E-state index in [1.165, 1.54) is 39.2 Å². The summed E-state index contributed by atoms with van der Waals surface area (Å²) in [7, 11) is 8.27. The van der Waals surface area contributed by atoms with Crippen molar-refractivity contribution in [1.29, 1.82) is 0 Å². The minimum atomic E-state index is 0.800. The predicted octanol–water partition coefficient (Wildman–Crippen LogP) is 5.60. The molecule has 0 amide bonds. The molecule has 150 valence electrons. The average Bonchev–Trinajstić information content (AvgIpc) is 2.71. The van der Waals surface area contributed by atoms with E-state index < -0.39 is 0 Å². The molecular formula is C26H31N3. The molecule has 0 saturated heterocycles. The molecule has 29 heavy (non-hydrogen) atoms. The van der Waals surface area contributed by atoms with Crippen LogP contribution in [0.3, 0.4) is 0 Å². The normalized spacial score (nSPS) is 14.8. The highest BCUT2D eigenvalue weighted by atomic mass is 15.1. The van der Waals surface area contributed by atoms with Gasteiger partial charge in [0.15, 0.2) is 0 Å². The molecular weight excluding hydrogens is 354 g/mol. The Morgan fingerprint density at radius 2 is 1.24 bits per heavy atom. The molecule has 0 fully saturated rings. The molecule has 2 aromatic carbocycles. The number of allylic oxidation sites excluding steroid dienone is 5.